The molecule has 2 heterocycles. The summed E-state index contributed by atoms with van der Waals surface area (Å²) in [6.07, 6.45) is 0.883. The lowest BCUT2D eigenvalue weighted by Crippen LogP contribution is -2.33. The highest BCUT2D eigenvalue weighted by Gasteiger charge is 2.18. The Bertz CT molecular complexity index is 964. The Labute approximate surface area is 166 Å². The number of aromatic nitrogens is 3. The van der Waals surface area contributed by atoms with Gasteiger partial charge in [0.2, 0.25) is 0 Å². The Morgan fingerprint density at radius 2 is 1.96 bits per heavy atom. The lowest BCUT2D eigenvalue weighted by molar-refractivity contribution is 0.0950. The first-order valence-corrected chi connectivity index (χ1v) is 9.70. The quantitative estimate of drug-likeness (QED) is 0.685. The van der Waals surface area contributed by atoms with E-state index < -0.39 is 0 Å². The van der Waals surface area contributed by atoms with Crippen molar-refractivity contribution in [1.29, 1.82) is 0 Å². The molecule has 0 unspecified atom stereocenters. The van der Waals surface area contributed by atoms with Gasteiger partial charge in [-0.3, -0.25) is 14.4 Å². The number of fused-ring (bicyclic) bond motifs is 1. The van der Waals surface area contributed by atoms with Gasteiger partial charge in [0.25, 0.3) is 5.91 Å². The molecule has 0 saturated heterocycles. The Balaban J connectivity index is 1.61. The number of carbonyl (C=O) groups excluding carboxylic acids is 1. The zero-order valence-electron chi connectivity index (χ0n) is 17.4. The van der Waals surface area contributed by atoms with Crippen LogP contribution in [0.5, 0.6) is 0 Å². The van der Waals surface area contributed by atoms with Crippen LogP contribution in [0.2, 0.25) is 0 Å². The Kier molecular flexibility index (Phi) is 6.09. The molecule has 1 amide bonds. The standard InChI is InChI=1S/C22H29N5O/c1-15-13-19(20-17(3)25-27(5)21(20)24-15)22(28)23-12-11-16(2)26(4)14-18-9-7-6-8-10-18/h6-10,13,16H,11-12,14H2,1-5H3,(H,23,28)/t16-/m1/s1. The first kappa shape index (κ1) is 20.0. The van der Waals surface area contributed by atoms with Crippen LogP contribution in [0.3, 0.4) is 0 Å². The number of aryl methyl sites for hydroxylation is 3. The van der Waals surface area contributed by atoms with Crippen LogP contribution >= 0.6 is 0 Å². The summed E-state index contributed by atoms with van der Waals surface area (Å²) in [5, 5.41) is 8.32. The second-order valence-corrected chi connectivity index (χ2v) is 7.51. The fourth-order valence-electron chi connectivity index (χ4n) is 3.49. The van der Waals surface area contributed by atoms with Gasteiger partial charge in [-0.25, -0.2) is 4.98 Å². The number of carbonyl (C=O) groups is 1. The maximum Gasteiger partial charge on any atom is 0.252 e. The molecule has 0 spiro atoms. The van der Waals surface area contributed by atoms with Crippen molar-refractivity contribution in [3.05, 3.63) is 58.9 Å². The van der Waals surface area contributed by atoms with Crippen LogP contribution in [-0.2, 0) is 13.6 Å². The lowest BCUT2D eigenvalue weighted by atomic mass is 10.1. The normalized spacial score (nSPS) is 12.5. The molecule has 6 nitrogen and oxygen atoms in total. The molecule has 1 aromatic carbocycles. The topological polar surface area (TPSA) is 63.1 Å². The molecule has 148 valence electrons. The van der Waals surface area contributed by atoms with Crippen molar-refractivity contribution in [2.75, 3.05) is 13.6 Å². The molecule has 0 aliphatic carbocycles. The van der Waals surface area contributed by atoms with Gasteiger partial charge in [-0.15, -0.1) is 0 Å². The van der Waals surface area contributed by atoms with Crippen molar-refractivity contribution in [2.45, 2.75) is 39.8 Å². The van der Waals surface area contributed by atoms with Gasteiger partial charge in [0.15, 0.2) is 5.65 Å². The van der Waals surface area contributed by atoms with E-state index in [2.05, 4.69) is 58.5 Å². The summed E-state index contributed by atoms with van der Waals surface area (Å²) in [7, 11) is 3.97. The van der Waals surface area contributed by atoms with Crippen LogP contribution in [0.25, 0.3) is 11.0 Å². The van der Waals surface area contributed by atoms with E-state index in [-0.39, 0.29) is 5.91 Å². The van der Waals surface area contributed by atoms with E-state index >= 15 is 0 Å². The van der Waals surface area contributed by atoms with E-state index in [9.17, 15) is 4.79 Å². The molecule has 0 aliphatic rings. The van der Waals surface area contributed by atoms with Crippen molar-refractivity contribution in [1.82, 2.24) is 25.0 Å². The fourth-order valence-corrected chi connectivity index (χ4v) is 3.49. The second-order valence-electron chi connectivity index (χ2n) is 7.51. The molecule has 0 aliphatic heterocycles. The van der Waals surface area contributed by atoms with Gasteiger partial charge in [0.05, 0.1) is 16.6 Å². The van der Waals surface area contributed by atoms with E-state index in [0.717, 1.165) is 35.4 Å². The largest absolute Gasteiger partial charge is 0.352 e. The molecule has 1 N–H and O–H groups in total. The third-order valence-corrected chi connectivity index (χ3v) is 5.22. The molecule has 0 saturated carbocycles. The summed E-state index contributed by atoms with van der Waals surface area (Å²) in [5.74, 6) is -0.0653. The average molecular weight is 380 g/mol. The van der Waals surface area contributed by atoms with Gasteiger partial charge in [0.1, 0.15) is 0 Å². The van der Waals surface area contributed by atoms with Crippen LogP contribution in [0.4, 0.5) is 0 Å². The van der Waals surface area contributed by atoms with Gasteiger partial charge < -0.3 is 5.32 Å². The van der Waals surface area contributed by atoms with Gasteiger partial charge >= 0.3 is 0 Å². The summed E-state index contributed by atoms with van der Waals surface area (Å²) in [6.45, 7) is 7.53. The summed E-state index contributed by atoms with van der Waals surface area (Å²) < 4.78 is 1.73. The van der Waals surface area contributed by atoms with E-state index in [0.29, 0.717) is 18.2 Å². The van der Waals surface area contributed by atoms with E-state index in [4.69, 9.17) is 0 Å². The molecular formula is C22H29N5O. The van der Waals surface area contributed by atoms with Crippen LogP contribution in [-0.4, -0.2) is 45.2 Å². The maximum absolute atomic E-state index is 12.8. The summed E-state index contributed by atoms with van der Waals surface area (Å²) in [4.78, 5) is 19.7. The van der Waals surface area contributed by atoms with Crippen LogP contribution in [0.15, 0.2) is 36.4 Å². The van der Waals surface area contributed by atoms with Gasteiger partial charge in [-0.1, -0.05) is 30.3 Å². The Morgan fingerprint density at radius 3 is 2.68 bits per heavy atom. The molecule has 0 radical (unpaired) electrons. The van der Waals surface area contributed by atoms with Crippen molar-refractivity contribution < 1.29 is 4.79 Å². The van der Waals surface area contributed by atoms with Gasteiger partial charge in [-0.2, -0.15) is 5.10 Å². The monoisotopic (exact) mass is 379 g/mol. The summed E-state index contributed by atoms with van der Waals surface area (Å²) in [6, 6.07) is 12.6. The SMILES string of the molecule is Cc1cc(C(=O)NCC[C@@H](C)N(C)Cc2ccccc2)c2c(C)nn(C)c2n1. The van der Waals surface area contributed by atoms with Crippen LogP contribution in [0.1, 0.15) is 40.7 Å². The first-order valence-electron chi connectivity index (χ1n) is 9.70. The number of amides is 1. The van der Waals surface area contributed by atoms with E-state index in [1.165, 1.54) is 5.56 Å². The molecule has 3 rings (SSSR count). The van der Waals surface area contributed by atoms with Crippen molar-refractivity contribution >= 4 is 16.9 Å². The van der Waals surface area contributed by atoms with E-state index in [1.54, 1.807) is 4.68 Å². The summed E-state index contributed by atoms with van der Waals surface area (Å²) >= 11 is 0. The van der Waals surface area contributed by atoms with Crippen LogP contribution < -0.4 is 5.32 Å². The number of hydrogen-bond acceptors (Lipinski definition) is 4. The number of hydrogen-bond donors (Lipinski definition) is 1. The van der Waals surface area contributed by atoms with Crippen molar-refractivity contribution in [3.8, 4) is 0 Å². The predicted octanol–water partition coefficient (Wildman–Crippen LogP) is 3.23. The minimum Gasteiger partial charge on any atom is -0.352 e. The van der Waals surface area contributed by atoms with E-state index in [1.807, 2.05) is 33.0 Å². The van der Waals surface area contributed by atoms with Gasteiger partial charge in [-0.05, 0) is 45.9 Å². The highest BCUT2D eigenvalue weighted by molar-refractivity contribution is 6.06. The van der Waals surface area contributed by atoms with Crippen LogP contribution in [0, 0.1) is 13.8 Å². The Morgan fingerprint density at radius 1 is 1.25 bits per heavy atom. The molecule has 1 atom stereocenters. The molecule has 2 aromatic heterocycles. The number of rotatable bonds is 7. The minimum atomic E-state index is -0.0653. The first-order chi connectivity index (χ1) is 13.4. The number of nitrogens with one attached hydrogen (secondary N) is 1. The van der Waals surface area contributed by atoms with Crippen molar-refractivity contribution in [3.63, 3.8) is 0 Å². The van der Waals surface area contributed by atoms with Gasteiger partial charge in [0, 0.05) is 31.9 Å². The number of benzene rings is 1. The Hall–Kier alpha value is -2.73. The lowest BCUT2D eigenvalue weighted by Gasteiger charge is -2.25. The second kappa shape index (κ2) is 8.52. The van der Waals surface area contributed by atoms with Crippen molar-refractivity contribution in [2.24, 2.45) is 7.05 Å². The molecule has 0 fully saturated rings. The maximum atomic E-state index is 12.8. The summed E-state index contributed by atoms with van der Waals surface area (Å²) in [5.41, 5.74) is 4.34. The smallest absolute Gasteiger partial charge is 0.252 e. The third-order valence-electron chi connectivity index (χ3n) is 5.22. The highest BCUT2D eigenvalue weighted by Crippen LogP contribution is 2.21. The number of pyridine rings is 1. The molecule has 6 heteroatoms. The minimum absolute atomic E-state index is 0.0653. The average Bonchev–Trinajstić information content (AvgIpc) is 2.95. The molecule has 0 bridgehead atoms. The highest BCUT2D eigenvalue weighted by atomic mass is 16.1. The molecule has 28 heavy (non-hydrogen) atoms. The fraction of sp³-hybridized carbons (Fsp3) is 0.409. The zero-order valence-corrected chi connectivity index (χ0v) is 17.4. The number of nitrogens with zero attached hydrogens (tertiary/aromatic N) is 4. The molecular weight excluding hydrogens is 350 g/mol. The third kappa shape index (κ3) is 4.39. The zero-order chi connectivity index (χ0) is 20.3. The molecule has 3 aromatic rings. The predicted molar refractivity (Wildman–Crippen MR) is 112 cm³/mol.